The minimum absolute atomic E-state index is 0. The van der Waals surface area contributed by atoms with Crippen LogP contribution in [0.5, 0.6) is 0 Å². The predicted molar refractivity (Wildman–Crippen MR) is 92.4 cm³/mol. The second kappa shape index (κ2) is 7.69. The van der Waals surface area contributed by atoms with Crippen molar-refractivity contribution in [2.24, 2.45) is 0 Å². The minimum atomic E-state index is -0.0709. The van der Waals surface area contributed by atoms with Gasteiger partial charge in [0.05, 0.1) is 17.1 Å². The van der Waals surface area contributed by atoms with E-state index in [1.807, 2.05) is 36.3 Å². The fourth-order valence-electron chi connectivity index (χ4n) is 1.92. The Balaban J connectivity index is 0.00000220. The lowest BCUT2D eigenvalue weighted by atomic mass is 10.1. The number of carbonyl (C=O) groups excluding carboxylic acids is 1. The molecule has 6 heteroatoms. The summed E-state index contributed by atoms with van der Waals surface area (Å²) in [6.07, 6.45) is 0. The van der Waals surface area contributed by atoms with Crippen molar-refractivity contribution in [1.29, 1.82) is 0 Å². The van der Waals surface area contributed by atoms with Crippen molar-refractivity contribution >= 4 is 46.9 Å². The Morgan fingerprint density at radius 1 is 1.38 bits per heavy atom. The summed E-state index contributed by atoms with van der Waals surface area (Å²) in [5.41, 5.74) is 6.71. The largest absolute Gasteiger partial charge is 0.399 e. The summed E-state index contributed by atoms with van der Waals surface area (Å²) in [4.78, 5) is 15.6. The van der Waals surface area contributed by atoms with Gasteiger partial charge in [-0.15, -0.1) is 23.7 Å². The van der Waals surface area contributed by atoms with Crippen LogP contribution in [-0.4, -0.2) is 16.8 Å². The zero-order valence-corrected chi connectivity index (χ0v) is 14.3. The van der Waals surface area contributed by atoms with Crippen molar-refractivity contribution in [3.63, 3.8) is 0 Å². The van der Waals surface area contributed by atoms with Crippen LogP contribution >= 0.6 is 35.3 Å². The van der Waals surface area contributed by atoms with E-state index in [4.69, 9.17) is 17.3 Å². The maximum absolute atomic E-state index is 12.6. The van der Waals surface area contributed by atoms with Crippen molar-refractivity contribution in [3.8, 4) is 0 Å². The molecule has 114 valence electrons. The number of nitrogens with two attached hydrogens (primary N) is 1. The Hall–Kier alpha value is -1.23. The third-order valence-corrected chi connectivity index (χ3v) is 4.19. The maximum Gasteiger partial charge on any atom is 0.255 e. The summed E-state index contributed by atoms with van der Waals surface area (Å²) < 4.78 is 0. The van der Waals surface area contributed by atoms with Gasteiger partial charge in [0.1, 0.15) is 0 Å². The van der Waals surface area contributed by atoms with Gasteiger partial charge in [-0.2, -0.15) is 0 Å². The number of hydrogen-bond donors (Lipinski definition) is 1. The molecule has 1 aromatic heterocycles. The highest BCUT2D eigenvalue weighted by Crippen LogP contribution is 2.23. The molecule has 2 aromatic rings. The standard InChI is InChI=1S/C15H17ClN2OS.ClH/c1-10(2)18(9-12-4-3-7-20-12)15(19)13-6-5-11(17)8-14(13)16;/h3-8,10H,9,17H2,1-2H3;1H. The number of anilines is 1. The number of amides is 1. The summed E-state index contributed by atoms with van der Waals surface area (Å²) >= 11 is 7.77. The number of hydrogen-bond acceptors (Lipinski definition) is 3. The van der Waals surface area contributed by atoms with E-state index in [1.165, 1.54) is 0 Å². The van der Waals surface area contributed by atoms with Gasteiger partial charge < -0.3 is 10.6 Å². The fourth-order valence-corrected chi connectivity index (χ4v) is 2.89. The molecule has 1 amide bonds. The Bertz CT molecular complexity index is 600. The molecule has 0 aliphatic rings. The Labute approximate surface area is 140 Å². The zero-order valence-electron chi connectivity index (χ0n) is 11.9. The van der Waals surface area contributed by atoms with Gasteiger partial charge in [0, 0.05) is 16.6 Å². The van der Waals surface area contributed by atoms with Gasteiger partial charge >= 0.3 is 0 Å². The van der Waals surface area contributed by atoms with E-state index in [-0.39, 0.29) is 24.4 Å². The lowest BCUT2D eigenvalue weighted by Crippen LogP contribution is -2.36. The molecule has 1 aromatic carbocycles. The average Bonchev–Trinajstić information content (AvgIpc) is 2.87. The molecule has 0 bridgehead atoms. The molecule has 0 saturated heterocycles. The van der Waals surface area contributed by atoms with Gasteiger partial charge in [0.15, 0.2) is 0 Å². The van der Waals surface area contributed by atoms with Crippen LogP contribution in [0.4, 0.5) is 5.69 Å². The zero-order chi connectivity index (χ0) is 14.7. The molecule has 0 aliphatic heterocycles. The van der Waals surface area contributed by atoms with Crippen LogP contribution < -0.4 is 5.73 Å². The molecule has 0 fully saturated rings. The highest BCUT2D eigenvalue weighted by molar-refractivity contribution is 7.09. The predicted octanol–water partition coefficient (Wildman–Crippen LogP) is 4.46. The molecule has 2 rings (SSSR count). The molecule has 0 atom stereocenters. The third-order valence-electron chi connectivity index (χ3n) is 3.01. The SMILES string of the molecule is CC(C)N(Cc1cccs1)C(=O)c1ccc(N)cc1Cl.Cl. The van der Waals surface area contributed by atoms with Crippen LogP contribution in [0.1, 0.15) is 29.1 Å². The van der Waals surface area contributed by atoms with E-state index >= 15 is 0 Å². The number of nitrogen functional groups attached to an aromatic ring is 1. The molecule has 1 heterocycles. The van der Waals surface area contributed by atoms with Crippen LogP contribution in [0, 0.1) is 0 Å². The van der Waals surface area contributed by atoms with Crippen LogP contribution in [0.15, 0.2) is 35.7 Å². The molecule has 0 aliphatic carbocycles. The number of halogens is 2. The molecule has 0 spiro atoms. The van der Waals surface area contributed by atoms with Gasteiger partial charge in [-0.05, 0) is 43.5 Å². The van der Waals surface area contributed by atoms with Crippen molar-refractivity contribution in [2.45, 2.75) is 26.4 Å². The highest BCUT2D eigenvalue weighted by Gasteiger charge is 2.21. The second-order valence-electron chi connectivity index (χ2n) is 4.85. The monoisotopic (exact) mass is 344 g/mol. The third kappa shape index (κ3) is 4.37. The molecular weight excluding hydrogens is 327 g/mol. The summed E-state index contributed by atoms with van der Waals surface area (Å²) in [5.74, 6) is -0.0709. The number of rotatable bonds is 4. The molecule has 21 heavy (non-hydrogen) atoms. The van der Waals surface area contributed by atoms with Crippen LogP contribution in [0.25, 0.3) is 0 Å². The number of thiophene rings is 1. The van der Waals surface area contributed by atoms with E-state index in [0.717, 1.165) is 4.88 Å². The normalized spacial score (nSPS) is 10.3. The summed E-state index contributed by atoms with van der Waals surface area (Å²) in [7, 11) is 0. The summed E-state index contributed by atoms with van der Waals surface area (Å²) in [6, 6.07) is 9.10. The molecular formula is C15H18Cl2N2OS. The first-order chi connectivity index (χ1) is 9.49. The van der Waals surface area contributed by atoms with Crippen LogP contribution in [0.2, 0.25) is 5.02 Å². The average molecular weight is 345 g/mol. The van der Waals surface area contributed by atoms with Crippen molar-refractivity contribution in [2.75, 3.05) is 5.73 Å². The van der Waals surface area contributed by atoms with Gasteiger partial charge in [-0.3, -0.25) is 4.79 Å². The highest BCUT2D eigenvalue weighted by atomic mass is 35.5. The van der Waals surface area contributed by atoms with Gasteiger partial charge in [-0.25, -0.2) is 0 Å². The Morgan fingerprint density at radius 3 is 2.62 bits per heavy atom. The van der Waals surface area contributed by atoms with Crippen LogP contribution in [-0.2, 0) is 6.54 Å². The summed E-state index contributed by atoms with van der Waals surface area (Å²) in [5, 5.41) is 2.40. The van der Waals surface area contributed by atoms with Crippen molar-refractivity contribution in [3.05, 3.63) is 51.2 Å². The summed E-state index contributed by atoms with van der Waals surface area (Å²) in [6.45, 7) is 4.59. The number of carbonyl (C=O) groups is 1. The molecule has 0 radical (unpaired) electrons. The van der Waals surface area contributed by atoms with Gasteiger partial charge in [0.2, 0.25) is 0 Å². The maximum atomic E-state index is 12.6. The quantitative estimate of drug-likeness (QED) is 0.832. The molecule has 3 nitrogen and oxygen atoms in total. The van der Waals surface area contributed by atoms with E-state index in [1.54, 1.807) is 29.5 Å². The second-order valence-corrected chi connectivity index (χ2v) is 6.28. The Morgan fingerprint density at radius 2 is 2.10 bits per heavy atom. The van der Waals surface area contributed by atoms with E-state index in [0.29, 0.717) is 22.8 Å². The van der Waals surface area contributed by atoms with Gasteiger partial charge in [-0.1, -0.05) is 17.7 Å². The lowest BCUT2D eigenvalue weighted by molar-refractivity contribution is 0.0692. The number of benzene rings is 1. The molecule has 0 saturated carbocycles. The first-order valence-corrected chi connectivity index (χ1v) is 7.63. The first-order valence-electron chi connectivity index (χ1n) is 6.37. The molecule has 2 N–H and O–H groups in total. The van der Waals surface area contributed by atoms with Gasteiger partial charge in [0.25, 0.3) is 5.91 Å². The minimum Gasteiger partial charge on any atom is -0.399 e. The van der Waals surface area contributed by atoms with E-state index in [2.05, 4.69) is 0 Å². The molecule has 0 unspecified atom stereocenters. The van der Waals surface area contributed by atoms with Crippen LogP contribution in [0.3, 0.4) is 0 Å². The van der Waals surface area contributed by atoms with E-state index in [9.17, 15) is 4.79 Å². The Kier molecular flexibility index (Phi) is 6.52. The van der Waals surface area contributed by atoms with Crippen molar-refractivity contribution < 1.29 is 4.79 Å². The first kappa shape index (κ1) is 17.8. The number of nitrogens with zero attached hydrogens (tertiary/aromatic N) is 1. The fraction of sp³-hybridized carbons (Fsp3) is 0.267. The van der Waals surface area contributed by atoms with Crippen molar-refractivity contribution in [1.82, 2.24) is 4.90 Å². The lowest BCUT2D eigenvalue weighted by Gasteiger charge is -2.26. The van der Waals surface area contributed by atoms with E-state index < -0.39 is 0 Å². The topological polar surface area (TPSA) is 46.3 Å². The smallest absolute Gasteiger partial charge is 0.255 e.